The molecule has 8 nitrogen and oxygen atoms in total. The van der Waals surface area contributed by atoms with Crippen LogP contribution in [0.15, 0.2) is 42.6 Å². The molecule has 0 spiro atoms. The van der Waals surface area contributed by atoms with Crippen molar-refractivity contribution in [1.82, 2.24) is 15.6 Å². The van der Waals surface area contributed by atoms with Crippen LogP contribution < -0.4 is 20.4 Å². The van der Waals surface area contributed by atoms with Crippen LogP contribution in [0.25, 0.3) is 0 Å². The maximum absolute atomic E-state index is 12.7. The average molecular weight is 462 g/mol. The van der Waals surface area contributed by atoms with E-state index in [1.807, 2.05) is 18.2 Å². The summed E-state index contributed by atoms with van der Waals surface area (Å²) >= 11 is 11.9. The summed E-state index contributed by atoms with van der Waals surface area (Å²) in [5.74, 6) is 0.321. The number of halogens is 2. The van der Waals surface area contributed by atoms with Gasteiger partial charge in [-0.05, 0) is 43.2 Å². The molecule has 2 atom stereocenters. The molecule has 0 aliphatic carbocycles. The summed E-state index contributed by atoms with van der Waals surface area (Å²) in [4.78, 5) is 44.9. The average Bonchev–Trinajstić information content (AvgIpc) is 3.33. The lowest BCUT2D eigenvalue weighted by atomic mass is 10.1. The number of urea groups is 1. The van der Waals surface area contributed by atoms with Crippen molar-refractivity contribution in [3.63, 3.8) is 0 Å². The lowest BCUT2D eigenvalue weighted by molar-refractivity contribution is -0.122. The minimum Gasteiger partial charge on any atom is -0.354 e. The van der Waals surface area contributed by atoms with Crippen molar-refractivity contribution in [2.24, 2.45) is 0 Å². The van der Waals surface area contributed by atoms with E-state index in [0.717, 1.165) is 23.7 Å². The Morgan fingerprint density at radius 3 is 2.77 bits per heavy atom. The third-order valence-corrected chi connectivity index (χ3v) is 6.11. The van der Waals surface area contributed by atoms with Gasteiger partial charge < -0.3 is 15.5 Å². The van der Waals surface area contributed by atoms with Crippen LogP contribution in [0.3, 0.4) is 0 Å². The maximum Gasteiger partial charge on any atom is 0.329 e. The third kappa shape index (κ3) is 4.75. The monoisotopic (exact) mass is 461 g/mol. The summed E-state index contributed by atoms with van der Waals surface area (Å²) < 4.78 is 0. The molecule has 31 heavy (non-hydrogen) atoms. The van der Waals surface area contributed by atoms with Gasteiger partial charge in [0.25, 0.3) is 5.91 Å². The molecule has 2 unspecified atom stereocenters. The normalized spacial score (nSPS) is 20.8. The number of rotatable bonds is 6. The van der Waals surface area contributed by atoms with Crippen LogP contribution in [0.5, 0.6) is 0 Å². The van der Waals surface area contributed by atoms with Gasteiger partial charge in [-0.15, -0.1) is 0 Å². The van der Waals surface area contributed by atoms with Crippen LogP contribution in [-0.2, 0) is 9.59 Å². The molecular weight excluding hydrogens is 441 g/mol. The molecule has 2 aliphatic rings. The van der Waals surface area contributed by atoms with E-state index in [2.05, 4.69) is 20.5 Å². The fraction of sp³-hybridized carbons (Fsp3) is 0.333. The number of carbonyl (C=O) groups is 3. The first-order valence-electron chi connectivity index (χ1n) is 9.97. The number of anilines is 2. The highest BCUT2D eigenvalue weighted by Crippen LogP contribution is 2.29. The van der Waals surface area contributed by atoms with E-state index in [9.17, 15) is 14.4 Å². The lowest BCUT2D eigenvalue weighted by Gasteiger charge is -2.18. The number of nitrogens with one attached hydrogen (secondary N) is 2. The summed E-state index contributed by atoms with van der Waals surface area (Å²) in [6.45, 7) is 1.50. The largest absolute Gasteiger partial charge is 0.354 e. The fourth-order valence-corrected chi connectivity index (χ4v) is 4.09. The Balaban J connectivity index is 1.28. The van der Waals surface area contributed by atoms with Crippen LogP contribution in [0.2, 0.25) is 10.0 Å². The SMILES string of the molecule is O=C(CCC1NC(=O)N(c2ccc(Cl)c(Cl)c2)C1=O)NC1CCN(c2ccccn2)C1. The summed E-state index contributed by atoms with van der Waals surface area (Å²) in [6, 6.07) is 8.99. The van der Waals surface area contributed by atoms with E-state index in [4.69, 9.17) is 23.2 Å². The minimum atomic E-state index is -0.763. The van der Waals surface area contributed by atoms with Crippen molar-refractivity contribution in [2.45, 2.75) is 31.3 Å². The lowest BCUT2D eigenvalue weighted by Crippen LogP contribution is -2.38. The number of benzene rings is 1. The van der Waals surface area contributed by atoms with E-state index in [1.165, 1.54) is 12.1 Å². The number of carbonyl (C=O) groups excluding carboxylic acids is 3. The highest BCUT2D eigenvalue weighted by molar-refractivity contribution is 6.42. The number of imide groups is 1. The van der Waals surface area contributed by atoms with Crippen molar-refractivity contribution in [3.8, 4) is 0 Å². The second-order valence-electron chi connectivity index (χ2n) is 7.50. The van der Waals surface area contributed by atoms with Crippen molar-refractivity contribution in [3.05, 3.63) is 52.6 Å². The fourth-order valence-electron chi connectivity index (χ4n) is 3.80. The highest BCUT2D eigenvalue weighted by atomic mass is 35.5. The molecular formula is C21H21Cl2N5O3. The van der Waals surface area contributed by atoms with Crippen molar-refractivity contribution >= 4 is 52.6 Å². The van der Waals surface area contributed by atoms with Gasteiger partial charge in [0.1, 0.15) is 11.9 Å². The third-order valence-electron chi connectivity index (χ3n) is 5.37. The molecule has 2 saturated heterocycles. The molecule has 2 N–H and O–H groups in total. The second kappa shape index (κ2) is 9.11. The molecule has 10 heteroatoms. The molecule has 0 radical (unpaired) electrons. The van der Waals surface area contributed by atoms with Crippen molar-refractivity contribution in [1.29, 1.82) is 0 Å². The number of aromatic nitrogens is 1. The summed E-state index contributed by atoms with van der Waals surface area (Å²) in [5, 5.41) is 6.22. The highest BCUT2D eigenvalue weighted by Gasteiger charge is 2.39. The van der Waals surface area contributed by atoms with Crippen LogP contribution in [0.4, 0.5) is 16.3 Å². The number of hydrogen-bond donors (Lipinski definition) is 2. The van der Waals surface area contributed by atoms with E-state index in [0.29, 0.717) is 17.3 Å². The van der Waals surface area contributed by atoms with Crippen molar-refractivity contribution < 1.29 is 14.4 Å². The number of nitrogens with zero attached hydrogens (tertiary/aromatic N) is 3. The van der Waals surface area contributed by atoms with E-state index in [1.54, 1.807) is 12.3 Å². The molecule has 4 rings (SSSR count). The minimum absolute atomic E-state index is 0.0242. The van der Waals surface area contributed by atoms with Gasteiger partial charge in [0.2, 0.25) is 5.91 Å². The zero-order chi connectivity index (χ0) is 22.0. The first-order valence-corrected chi connectivity index (χ1v) is 10.7. The molecule has 162 valence electrons. The molecule has 3 heterocycles. The van der Waals surface area contributed by atoms with Gasteiger partial charge in [-0.2, -0.15) is 0 Å². The molecule has 2 aliphatic heterocycles. The first kappa shape index (κ1) is 21.4. The standard InChI is InChI=1S/C21H21Cl2N5O3/c22-15-5-4-14(11-16(15)23)28-20(30)17(26-21(28)31)6-7-19(29)25-13-8-10-27(12-13)18-3-1-2-9-24-18/h1-5,9,11,13,17H,6-8,10,12H2,(H,25,29)(H,26,31). The second-order valence-corrected chi connectivity index (χ2v) is 8.31. The van der Waals surface area contributed by atoms with Crippen LogP contribution >= 0.6 is 23.2 Å². The van der Waals surface area contributed by atoms with Gasteiger partial charge >= 0.3 is 6.03 Å². The molecule has 2 aromatic rings. The number of amides is 4. The smallest absolute Gasteiger partial charge is 0.329 e. The topological polar surface area (TPSA) is 94.6 Å². The van der Waals surface area contributed by atoms with E-state index >= 15 is 0 Å². The Bertz CT molecular complexity index is 1000. The summed E-state index contributed by atoms with van der Waals surface area (Å²) in [7, 11) is 0. The number of pyridine rings is 1. The molecule has 1 aromatic heterocycles. The van der Waals surface area contributed by atoms with E-state index in [-0.39, 0.29) is 29.8 Å². The summed E-state index contributed by atoms with van der Waals surface area (Å²) in [5.41, 5.74) is 0.337. The first-order chi connectivity index (χ1) is 14.9. The van der Waals surface area contributed by atoms with E-state index < -0.39 is 18.0 Å². The van der Waals surface area contributed by atoms with Crippen LogP contribution in [0.1, 0.15) is 19.3 Å². The van der Waals surface area contributed by atoms with Crippen LogP contribution in [-0.4, -0.2) is 48.0 Å². The van der Waals surface area contributed by atoms with Gasteiger partial charge in [-0.1, -0.05) is 29.3 Å². The van der Waals surface area contributed by atoms with Gasteiger partial charge in [0.05, 0.1) is 15.7 Å². The van der Waals surface area contributed by atoms with Gasteiger partial charge in [0.15, 0.2) is 0 Å². The zero-order valence-corrected chi connectivity index (χ0v) is 18.1. The van der Waals surface area contributed by atoms with Crippen molar-refractivity contribution in [2.75, 3.05) is 22.9 Å². The quantitative estimate of drug-likeness (QED) is 0.644. The Hall–Kier alpha value is -2.84. The predicted molar refractivity (Wildman–Crippen MR) is 118 cm³/mol. The van der Waals surface area contributed by atoms with Crippen LogP contribution in [0, 0.1) is 0 Å². The number of hydrogen-bond acceptors (Lipinski definition) is 5. The zero-order valence-electron chi connectivity index (χ0n) is 16.6. The van der Waals surface area contributed by atoms with Gasteiger partial charge in [-0.3, -0.25) is 9.59 Å². The molecule has 2 fully saturated rings. The van der Waals surface area contributed by atoms with Gasteiger partial charge in [0, 0.05) is 31.7 Å². The molecule has 0 bridgehead atoms. The molecule has 4 amide bonds. The maximum atomic E-state index is 12.7. The molecule has 0 saturated carbocycles. The summed E-state index contributed by atoms with van der Waals surface area (Å²) in [6.07, 6.45) is 2.92. The molecule has 1 aromatic carbocycles. The Kier molecular flexibility index (Phi) is 6.29. The predicted octanol–water partition coefficient (Wildman–Crippen LogP) is 2.99. The Morgan fingerprint density at radius 1 is 1.19 bits per heavy atom. The Labute approximate surface area is 189 Å². The Morgan fingerprint density at radius 2 is 2.03 bits per heavy atom. The van der Waals surface area contributed by atoms with Gasteiger partial charge in [-0.25, -0.2) is 14.7 Å².